The Morgan fingerprint density at radius 3 is 3.00 bits per heavy atom. The van der Waals surface area contributed by atoms with Gasteiger partial charge in [-0.3, -0.25) is 4.40 Å². The number of oxime groups is 1. The molecule has 7 heteroatoms. The predicted molar refractivity (Wildman–Crippen MR) is 77.5 cm³/mol. The number of benzene rings is 1. The SMILES string of the molecule is O=C(O/N=C\c1c(Cl)nc2sccn12)c1ccccc1. The van der Waals surface area contributed by atoms with Crippen LogP contribution in [0.25, 0.3) is 4.96 Å². The number of carbonyl (C=O) groups is 1. The molecule has 2 heterocycles. The largest absolute Gasteiger partial charge is 0.365 e. The number of nitrogens with zero attached hydrogens (tertiary/aromatic N) is 3. The Morgan fingerprint density at radius 1 is 1.40 bits per heavy atom. The third-order valence-corrected chi connectivity index (χ3v) is 3.61. The van der Waals surface area contributed by atoms with Gasteiger partial charge in [-0.25, -0.2) is 9.78 Å². The molecule has 0 atom stereocenters. The van der Waals surface area contributed by atoms with E-state index in [1.807, 2.05) is 17.6 Å². The third kappa shape index (κ3) is 2.43. The molecule has 0 spiro atoms. The predicted octanol–water partition coefficient (Wildman–Crippen LogP) is 3.24. The van der Waals surface area contributed by atoms with Crippen molar-refractivity contribution in [3.05, 3.63) is 58.3 Å². The number of thiazole rings is 1. The summed E-state index contributed by atoms with van der Waals surface area (Å²) < 4.78 is 1.77. The van der Waals surface area contributed by atoms with Crippen LogP contribution in [0.15, 0.2) is 47.1 Å². The Balaban J connectivity index is 1.76. The monoisotopic (exact) mass is 305 g/mol. The average molecular weight is 306 g/mol. The van der Waals surface area contributed by atoms with Crippen LogP contribution >= 0.6 is 22.9 Å². The molecule has 0 aliphatic rings. The minimum atomic E-state index is -0.524. The summed E-state index contributed by atoms with van der Waals surface area (Å²) in [5, 5.41) is 5.86. The van der Waals surface area contributed by atoms with Gasteiger partial charge in [-0.2, -0.15) is 0 Å². The van der Waals surface area contributed by atoms with Crippen LogP contribution in [0, 0.1) is 0 Å². The molecule has 0 unspecified atom stereocenters. The molecule has 5 nitrogen and oxygen atoms in total. The lowest BCUT2D eigenvalue weighted by Gasteiger charge is -1.96. The molecule has 3 rings (SSSR count). The smallest absolute Gasteiger partial charge is 0.313 e. The molecule has 0 amide bonds. The first kappa shape index (κ1) is 12.8. The fourth-order valence-electron chi connectivity index (χ4n) is 1.64. The maximum atomic E-state index is 11.7. The second-order valence-electron chi connectivity index (χ2n) is 3.82. The van der Waals surface area contributed by atoms with Crippen molar-refractivity contribution in [2.75, 3.05) is 0 Å². The average Bonchev–Trinajstić information content (AvgIpc) is 3.02. The molecule has 0 radical (unpaired) electrons. The normalized spacial score (nSPS) is 11.2. The summed E-state index contributed by atoms with van der Waals surface area (Å²) in [7, 11) is 0. The molecule has 0 N–H and O–H groups in total. The number of imidazole rings is 1. The summed E-state index contributed by atoms with van der Waals surface area (Å²) in [5.74, 6) is -0.524. The number of hydrogen-bond donors (Lipinski definition) is 0. The Kier molecular flexibility index (Phi) is 3.49. The number of fused-ring (bicyclic) bond motifs is 1. The zero-order valence-electron chi connectivity index (χ0n) is 10.1. The van der Waals surface area contributed by atoms with E-state index in [1.165, 1.54) is 17.6 Å². The van der Waals surface area contributed by atoms with Gasteiger partial charge in [-0.15, -0.1) is 11.3 Å². The molecule has 0 saturated heterocycles. The number of hydrogen-bond acceptors (Lipinski definition) is 5. The van der Waals surface area contributed by atoms with Crippen molar-refractivity contribution in [1.29, 1.82) is 0 Å². The molecule has 0 saturated carbocycles. The summed E-state index contributed by atoms with van der Waals surface area (Å²) in [6.45, 7) is 0. The van der Waals surface area contributed by atoms with Crippen LogP contribution in [-0.2, 0) is 4.84 Å². The first-order chi connectivity index (χ1) is 9.75. The van der Waals surface area contributed by atoms with Gasteiger partial charge in [0.25, 0.3) is 0 Å². The van der Waals surface area contributed by atoms with Crippen LogP contribution in [0.3, 0.4) is 0 Å². The van der Waals surface area contributed by atoms with Gasteiger partial charge in [0.1, 0.15) is 5.69 Å². The van der Waals surface area contributed by atoms with Gasteiger partial charge in [0.15, 0.2) is 10.1 Å². The molecule has 0 bridgehead atoms. The molecule has 2 aromatic heterocycles. The molecule has 3 aromatic rings. The maximum absolute atomic E-state index is 11.7. The van der Waals surface area contributed by atoms with Crippen LogP contribution in [0.5, 0.6) is 0 Å². The van der Waals surface area contributed by atoms with Gasteiger partial charge in [0.05, 0.1) is 11.8 Å². The van der Waals surface area contributed by atoms with Gasteiger partial charge >= 0.3 is 5.97 Å². The molecule has 100 valence electrons. The molecule has 0 aliphatic carbocycles. The van der Waals surface area contributed by atoms with Crippen molar-refractivity contribution in [2.45, 2.75) is 0 Å². The van der Waals surface area contributed by atoms with Crippen molar-refractivity contribution in [3.8, 4) is 0 Å². The van der Waals surface area contributed by atoms with E-state index in [9.17, 15) is 4.79 Å². The second-order valence-corrected chi connectivity index (χ2v) is 5.05. The van der Waals surface area contributed by atoms with Crippen LogP contribution < -0.4 is 0 Å². The van der Waals surface area contributed by atoms with Gasteiger partial charge < -0.3 is 4.84 Å². The summed E-state index contributed by atoms with van der Waals surface area (Å²) in [6.07, 6.45) is 3.19. The minimum Gasteiger partial charge on any atom is -0.313 e. The van der Waals surface area contributed by atoms with E-state index in [-0.39, 0.29) is 0 Å². The van der Waals surface area contributed by atoms with Crippen LogP contribution in [0.2, 0.25) is 5.15 Å². The lowest BCUT2D eigenvalue weighted by atomic mass is 10.2. The quantitative estimate of drug-likeness (QED) is 0.424. The van der Waals surface area contributed by atoms with E-state index >= 15 is 0 Å². The first-order valence-corrected chi connectivity index (χ1v) is 6.92. The molecule has 20 heavy (non-hydrogen) atoms. The zero-order valence-corrected chi connectivity index (χ0v) is 11.6. The van der Waals surface area contributed by atoms with Crippen molar-refractivity contribution in [3.63, 3.8) is 0 Å². The van der Waals surface area contributed by atoms with Gasteiger partial charge in [0.2, 0.25) is 0 Å². The van der Waals surface area contributed by atoms with E-state index < -0.39 is 5.97 Å². The molecule has 1 aromatic carbocycles. The standard InChI is InChI=1S/C13H8ClN3O2S/c14-11-10(17-6-7-20-13(17)16-11)8-15-19-12(18)9-4-2-1-3-5-9/h1-8H/b15-8-. The summed E-state index contributed by atoms with van der Waals surface area (Å²) in [4.78, 5) is 21.4. The molecule has 0 aliphatic heterocycles. The number of halogens is 1. The summed E-state index contributed by atoms with van der Waals surface area (Å²) in [5.41, 5.74) is 1.01. The molecular weight excluding hydrogens is 298 g/mol. The Morgan fingerprint density at radius 2 is 2.20 bits per heavy atom. The van der Waals surface area contributed by atoms with E-state index in [4.69, 9.17) is 16.4 Å². The minimum absolute atomic E-state index is 0.316. The van der Waals surface area contributed by atoms with E-state index in [0.29, 0.717) is 16.4 Å². The topological polar surface area (TPSA) is 56.0 Å². The highest BCUT2D eigenvalue weighted by molar-refractivity contribution is 7.15. The van der Waals surface area contributed by atoms with Crippen LogP contribution in [0.1, 0.15) is 16.1 Å². The summed E-state index contributed by atoms with van der Waals surface area (Å²) in [6, 6.07) is 8.63. The van der Waals surface area contributed by atoms with Crippen molar-refractivity contribution >= 4 is 40.1 Å². The summed E-state index contributed by atoms with van der Waals surface area (Å²) >= 11 is 7.44. The van der Waals surface area contributed by atoms with Crippen LogP contribution in [-0.4, -0.2) is 21.6 Å². The van der Waals surface area contributed by atoms with Gasteiger partial charge in [-0.05, 0) is 12.1 Å². The Labute approximate surface area is 123 Å². The number of carbonyl (C=O) groups excluding carboxylic acids is 1. The van der Waals surface area contributed by atoms with E-state index in [2.05, 4.69) is 10.1 Å². The number of rotatable bonds is 3. The van der Waals surface area contributed by atoms with Gasteiger partial charge in [0, 0.05) is 11.6 Å². The van der Waals surface area contributed by atoms with Crippen molar-refractivity contribution < 1.29 is 9.63 Å². The van der Waals surface area contributed by atoms with Gasteiger partial charge in [-0.1, -0.05) is 35.0 Å². The molecule has 0 fully saturated rings. The Hall–Kier alpha value is -2.18. The maximum Gasteiger partial charge on any atom is 0.365 e. The lowest BCUT2D eigenvalue weighted by Crippen LogP contribution is -2.00. The fraction of sp³-hybridized carbons (Fsp3) is 0. The highest BCUT2D eigenvalue weighted by Gasteiger charge is 2.10. The molecular formula is C13H8ClN3O2S. The Bertz CT molecular complexity index is 779. The van der Waals surface area contributed by atoms with E-state index in [1.54, 1.807) is 28.7 Å². The van der Waals surface area contributed by atoms with Crippen molar-refractivity contribution in [1.82, 2.24) is 9.38 Å². The van der Waals surface area contributed by atoms with Crippen molar-refractivity contribution in [2.24, 2.45) is 5.16 Å². The second kappa shape index (κ2) is 5.44. The van der Waals surface area contributed by atoms with Crippen LogP contribution in [0.4, 0.5) is 0 Å². The fourth-order valence-corrected chi connectivity index (χ4v) is 2.63. The first-order valence-electron chi connectivity index (χ1n) is 5.66. The van der Waals surface area contributed by atoms with E-state index in [0.717, 1.165) is 4.96 Å². The highest BCUT2D eigenvalue weighted by Crippen LogP contribution is 2.19. The lowest BCUT2D eigenvalue weighted by molar-refractivity contribution is 0.0519. The number of aromatic nitrogens is 2. The zero-order chi connectivity index (χ0) is 13.9. The highest BCUT2D eigenvalue weighted by atomic mass is 35.5. The third-order valence-electron chi connectivity index (χ3n) is 2.57.